The maximum Gasteiger partial charge on any atom is 1.00 e. The van der Waals surface area contributed by atoms with Crippen molar-refractivity contribution >= 4 is 0 Å². The van der Waals surface area contributed by atoms with Gasteiger partial charge in [0.1, 0.15) is 24.4 Å². The van der Waals surface area contributed by atoms with Crippen LogP contribution in [0.2, 0.25) is 0 Å². The first-order chi connectivity index (χ1) is 7.31. The van der Waals surface area contributed by atoms with Crippen LogP contribution >= 0.6 is 0 Å². The Balaban J connectivity index is 0. The van der Waals surface area contributed by atoms with Crippen LogP contribution in [0.4, 0.5) is 0 Å². The summed E-state index contributed by atoms with van der Waals surface area (Å²) >= 11 is 0. The molecule has 1 aliphatic rings. The van der Waals surface area contributed by atoms with Crippen molar-refractivity contribution in [1.82, 2.24) is 0 Å². The summed E-state index contributed by atoms with van der Waals surface area (Å²) < 4.78 is 4.58. The van der Waals surface area contributed by atoms with Gasteiger partial charge in [0.15, 0.2) is 6.29 Å². The van der Waals surface area contributed by atoms with Crippen molar-refractivity contribution in [2.45, 2.75) is 30.7 Å². The third-order valence-corrected chi connectivity index (χ3v) is 1.87. The van der Waals surface area contributed by atoms with E-state index in [1.807, 2.05) is 0 Å². The number of rotatable bonds is 1. The quantitative estimate of drug-likeness (QED) is 0.177. The Morgan fingerprint density at radius 2 is 1.47 bits per heavy atom. The summed E-state index contributed by atoms with van der Waals surface area (Å²) in [6.45, 7) is -0.526. The smallest absolute Gasteiger partial charge is 0.394 e. The van der Waals surface area contributed by atoms with E-state index in [1.165, 1.54) is 0 Å². The Labute approximate surface area is 138 Å². The van der Waals surface area contributed by atoms with Gasteiger partial charge < -0.3 is 45.6 Å². The molecule has 0 bridgehead atoms. The van der Waals surface area contributed by atoms with Gasteiger partial charge in [0.25, 0.3) is 0 Å². The fourth-order valence-corrected chi connectivity index (χ4v) is 1.08. The Morgan fingerprint density at radius 1 is 1.06 bits per heavy atom. The van der Waals surface area contributed by atoms with Gasteiger partial charge in [-0.2, -0.15) is 0 Å². The molecule has 1 unspecified atom stereocenters. The molecule has 0 amide bonds. The molecule has 5 N–H and O–H groups in total. The molecular formula is C6H12KNO9. The van der Waals surface area contributed by atoms with Crippen molar-refractivity contribution in [3.05, 3.63) is 15.3 Å². The summed E-state index contributed by atoms with van der Waals surface area (Å²) in [7, 11) is 0. The third-order valence-electron chi connectivity index (χ3n) is 1.87. The second-order valence-electron chi connectivity index (χ2n) is 2.94. The maximum atomic E-state index is 9.12. The van der Waals surface area contributed by atoms with Crippen molar-refractivity contribution in [2.24, 2.45) is 0 Å². The van der Waals surface area contributed by atoms with Crippen LogP contribution in [0.15, 0.2) is 0 Å². The van der Waals surface area contributed by atoms with Gasteiger partial charge in [0.05, 0.1) is 11.7 Å². The normalized spacial score (nSPS) is 36.2. The largest absolute Gasteiger partial charge is 1.00 e. The Morgan fingerprint density at radius 3 is 1.82 bits per heavy atom. The van der Waals surface area contributed by atoms with Gasteiger partial charge in [-0.3, -0.25) is 0 Å². The van der Waals surface area contributed by atoms with Crippen LogP contribution in [0.3, 0.4) is 0 Å². The molecule has 5 atom stereocenters. The SMILES string of the molecule is O=[N+]([O-])[O-].OC[C@H]1OC(O)[C@H](O)[C@@H](O)[C@@H]1O.[K+]. The maximum absolute atomic E-state index is 9.12. The van der Waals surface area contributed by atoms with Crippen molar-refractivity contribution in [3.8, 4) is 0 Å². The Kier molecular flexibility index (Phi) is 11.2. The van der Waals surface area contributed by atoms with Crippen LogP contribution in [0, 0.1) is 15.3 Å². The average molecular weight is 281 g/mol. The molecule has 17 heavy (non-hydrogen) atoms. The number of ether oxygens (including phenoxy) is 1. The van der Waals surface area contributed by atoms with Crippen molar-refractivity contribution in [3.63, 3.8) is 0 Å². The molecule has 0 aliphatic carbocycles. The monoisotopic (exact) mass is 281 g/mol. The van der Waals surface area contributed by atoms with Gasteiger partial charge >= 0.3 is 51.4 Å². The van der Waals surface area contributed by atoms with E-state index in [-0.39, 0.29) is 51.4 Å². The second kappa shape index (κ2) is 9.52. The van der Waals surface area contributed by atoms with Crippen LogP contribution in [0.25, 0.3) is 0 Å². The zero-order valence-electron chi connectivity index (χ0n) is 8.91. The molecule has 0 aromatic rings. The molecular weight excluding hydrogens is 269 g/mol. The minimum Gasteiger partial charge on any atom is -0.394 e. The van der Waals surface area contributed by atoms with E-state index in [0.717, 1.165) is 0 Å². The predicted molar refractivity (Wildman–Crippen MR) is 46.3 cm³/mol. The minimum atomic E-state index is -1.75. The van der Waals surface area contributed by atoms with E-state index in [0.29, 0.717) is 0 Å². The summed E-state index contributed by atoms with van der Waals surface area (Å²) in [4.78, 5) is 8.25. The van der Waals surface area contributed by atoms with E-state index in [2.05, 4.69) is 4.74 Å². The van der Waals surface area contributed by atoms with E-state index < -0.39 is 42.4 Å². The first-order valence-electron chi connectivity index (χ1n) is 4.11. The zero-order valence-corrected chi connectivity index (χ0v) is 12.0. The van der Waals surface area contributed by atoms with E-state index in [9.17, 15) is 0 Å². The van der Waals surface area contributed by atoms with Crippen LogP contribution in [-0.2, 0) is 4.74 Å². The van der Waals surface area contributed by atoms with Gasteiger partial charge in [-0.1, -0.05) is 0 Å². The fraction of sp³-hybridized carbons (Fsp3) is 1.00. The van der Waals surface area contributed by atoms with Gasteiger partial charge in [0.2, 0.25) is 0 Å². The number of aliphatic hydroxyl groups excluding tert-OH is 5. The molecule has 96 valence electrons. The third kappa shape index (κ3) is 6.93. The molecule has 0 saturated carbocycles. The van der Waals surface area contributed by atoms with Crippen LogP contribution in [-0.4, -0.2) is 67.9 Å². The van der Waals surface area contributed by atoms with E-state index in [4.69, 9.17) is 40.9 Å². The van der Waals surface area contributed by atoms with Crippen molar-refractivity contribution in [1.29, 1.82) is 0 Å². The summed E-state index contributed by atoms with van der Waals surface area (Å²) in [6, 6.07) is 0. The molecule has 0 aromatic carbocycles. The van der Waals surface area contributed by atoms with Crippen LogP contribution in [0.1, 0.15) is 0 Å². The van der Waals surface area contributed by atoms with Gasteiger partial charge in [-0.25, -0.2) is 0 Å². The summed E-state index contributed by atoms with van der Waals surface area (Å²) in [5.41, 5.74) is 0. The van der Waals surface area contributed by atoms with Gasteiger partial charge in [0, 0.05) is 0 Å². The van der Waals surface area contributed by atoms with Crippen molar-refractivity contribution < 1.29 is 86.7 Å². The molecule has 1 saturated heterocycles. The molecule has 0 radical (unpaired) electrons. The molecule has 11 heteroatoms. The molecule has 0 spiro atoms. The first kappa shape index (κ1) is 19.9. The number of nitrogens with zero attached hydrogens (tertiary/aromatic N) is 1. The topological polar surface area (TPSA) is 177 Å². The standard InChI is InChI=1S/C6H12O6.K.NO3/c7-1-2-3(8)4(9)5(10)6(11)12-2;;2-1(3)4/h2-11H,1H2;;/q;+1;-1/t2-,3-,4+,5-,6?;;/m1../s1. The molecule has 1 aliphatic heterocycles. The van der Waals surface area contributed by atoms with Gasteiger partial charge in [-0.05, 0) is 0 Å². The number of aliphatic hydroxyl groups is 5. The fourth-order valence-electron chi connectivity index (χ4n) is 1.08. The van der Waals surface area contributed by atoms with Crippen LogP contribution in [0.5, 0.6) is 0 Å². The van der Waals surface area contributed by atoms with Crippen molar-refractivity contribution in [2.75, 3.05) is 6.61 Å². The van der Waals surface area contributed by atoms with E-state index in [1.54, 1.807) is 0 Å². The number of hydrogen-bond donors (Lipinski definition) is 5. The molecule has 1 rings (SSSR count). The number of hydrogen-bond acceptors (Lipinski definition) is 9. The Bertz CT molecular complexity index is 221. The molecule has 1 fully saturated rings. The first-order valence-corrected chi connectivity index (χ1v) is 4.11. The minimum absolute atomic E-state index is 0. The van der Waals surface area contributed by atoms with Crippen LogP contribution < -0.4 is 51.4 Å². The molecule has 10 nitrogen and oxygen atoms in total. The summed E-state index contributed by atoms with van der Waals surface area (Å²) in [6.07, 6.45) is -7.04. The molecule has 1 heterocycles. The van der Waals surface area contributed by atoms with E-state index >= 15 is 0 Å². The summed E-state index contributed by atoms with van der Waals surface area (Å²) in [5, 5.41) is 59.4. The van der Waals surface area contributed by atoms with Gasteiger partial charge in [-0.15, -0.1) is 0 Å². The second-order valence-corrected chi connectivity index (χ2v) is 2.94. The Hall–Kier alpha value is 0.596. The summed E-state index contributed by atoms with van der Waals surface area (Å²) in [5.74, 6) is 0. The average Bonchev–Trinajstić information content (AvgIpc) is 2.19. The predicted octanol–water partition coefficient (Wildman–Crippen LogP) is -6.46. The molecule has 0 aromatic heterocycles. The zero-order chi connectivity index (χ0) is 12.9.